The minimum absolute atomic E-state index is 0. The van der Waals surface area contributed by atoms with Gasteiger partial charge in [0.15, 0.2) is 0 Å². The molecule has 0 radical (unpaired) electrons. The van der Waals surface area contributed by atoms with Gasteiger partial charge >= 0.3 is 103 Å². The third kappa shape index (κ3) is 8.38. The molecular weight excluding hydrogens is 484 g/mol. The summed E-state index contributed by atoms with van der Waals surface area (Å²) in [6, 6.07) is 5.03. The zero-order valence-electron chi connectivity index (χ0n) is 18.3. The van der Waals surface area contributed by atoms with Crippen LogP contribution in [0.4, 0.5) is 5.95 Å². The topological polar surface area (TPSA) is 197 Å². The standard InChI is InChI=1S/C20H21N5O6.2K/c21-20-24-16-15(18(29)25-20)12(9-22-16)6-3-10-1-4-11(5-2-10)17(28)23-13(19(30)31)7-8-14(26)27;;/h1-2,4-5,9,13H,3,6-8H2,(H,23,28)(H,26,27)(H,30,31)(H4,21,22,24,25,29);;/q;2*+1/p-2/t13-;;/m0../s1. The van der Waals surface area contributed by atoms with E-state index < -0.39 is 30.3 Å². The number of aryl methyl sites for hydroxylation is 2. The molecule has 3 aromatic rings. The first-order chi connectivity index (χ1) is 14.7. The number of aliphatic carboxylic acids is 2. The first-order valence-electron chi connectivity index (χ1n) is 9.41. The minimum Gasteiger partial charge on any atom is -0.550 e. The van der Waals surface area contributed by atoms with Gasteiger partial charge in [-0.2, -0.15) is 4.98 Å². The molecule has 33 heavy (non-hydrogen) atoms. The molecule has 1 aromatic carbocycles. The van der Waals surface area contributed by atoms with Crippen LogP contribution in [-0.2, 0) is 22.4 Å². The van der Waals surface area contributed by atoms with Crippen molar-refractivity contribution in [3.63, 3.8) is 0 Å². The molecule has 13 heteroatoms. The molecule has 5 N–H and O–H groups in total. The largest absolute Gasteiger partial charge is 1.00 e. The Morgan fingerprint density at radius 1 is 1.09 bits per heavy atom. The third-order valence-corrected chi connectivity index (χ3v) is 4.77. The van der Waals surface area contributed by atoms with E-state index in [1.807, 2.05) is 0 Å². The Morgan fingerprint density at radius 3 is 2.36 bits per heavy atom. The summed E-state index contributed by atoms with van der Waals surface area (Å²) in [7, 11) is 0. The fourth-order valence-electron chi connectivity index (χ4n) is 3.17. The van der Waals surface area contributed by atoms with Gasteiger partial charge in [0.05, 0.1) is 17.4 Å². The van der Waals surface area contributed by atoms with Crippen molar-refractivity contribution in [2.24, 2.45) is 0 Å². The average Bonchev–Trinajstić information content (AvgIpc) is 3.12. The maximum atomic E-state index is 12.2. The number of nitrogen functional groups attached to an aromatic ring is 1. The molecule has 2 heterocycles. The van der Waals surface area contributed by atoms with Gasteiger partial charge in [-0.1, -0.05) is 12.1 Å². The van der Waals surface area contributed by atoms with Crippen LogP contribution in [0.25, 0.3) is 11.0 Å². The molecular formula is C20H19K2N5O6. The number of amides is 1. The zero-order valence-corrected chi connectivity index (χ0v) is 24.5. The Hall–Kier alpha value is -0.877. The normalized spacial score (nSPS) is 11.2. The van der Waals surface area contributed by atoms with Crippen LogP contribution in [0, 0.1) is 0 Å². The van der Waals surface area contributed by atoms with Crippen molar-refractivity contribution in [2.75, 3.05) is 5.73 Å². The van der Waals surface area contributed by atoms with Crippen LogP contribution < -0.4 is 130 Å². The number of fused-ring (bicyclic) bond motifs is 1. The molecule has 0 bridgehead atoms. The zero-order chi connectivity index (χ0) is 22.5. The first-order valence-corrected chi connectivity index (χ1v) is 9.41. The van der Waals surface area contributed by atoms with Gasteiger partial charge in [0.1, 0.15) is 5.65 Å². The maximum absolute atomic E-state index is 12.2. The number of aromatic amines is 2. The van der Waals surface area contributed by atoms with Crippen molar-refractivity contribution >= 4 is 34.8 Å². The molecule has 0 spiro atoms. The van der Waals surface area contributed by atoms with E-state index in [2.05, 4.69) is 20.3 Å². The van der Waals surface area contributed by atoms with Crippen LogP contribution in [0.2, 0.25) is 0 Å². The van der Waals surface area contributed by atoms with E-state index >= 15 is 0 Å². The second-order valence-corrected chi connectivity index (χ2v) is 6.94. The summed E-state index contributed by atoms with van der Waals surface area (Å²) >= 11 is 0. The first kappa shape index (κ1) is 30.2. The Morgan fingerprint density at radius 2 is 1.76 bits per heavy atom. The Labute approximate surface area is 273 Å². The fraction of sp³-hybridized carbons (Fsp3) is 0.250. The van der Waals surface area contributed by atoms with E-state index in [0.717, 1.165) is 11.1 Å². The molecule has 1 amide bonds. The molecule has 0 unspecified atom stereocenters. The van der Waals surface area contributed by atoms with Crippen molar-refractivity contribution in [3.8, 4) is 0 Å². The van der Waals surface area contributed by atoms with Crippen LogP contribution >= 0.6 is 0 Å². The number of carboxylic acid groups (broad SMARTS) is 2. The number of anilines is 1. The fourth-order valence-corrected chi connectivity index (χ4v) is 3.17. The van der Waals surface area contributed by atoms with Crippen LogP contribution in [0.15, 0.2) is 35.3 Å². The summed E-state index contributed by atoms with van der Waals surface area (Å²) in [5.74, 6) is -3.62. The van der Waals surface area contributed by atoms with Gasteiger partial charge in [-0.3, -0.25) is 14.6 Å². The van der Waals surface area contributed by atoms with Crippen molar-refractivity contribution in [1.82, 2.24) is 20.3 Å². The molecule has 1 atom stereocenters. The Bertz CT molecular complexity index is 1190. The van der Waals surface area contributed by atoms with Gasteiger partial charge in [0.25, 0.3) is 11.5 Å². The molecule has 0 aliphatic carbocycles. The van der Waals surface area contributed by atoms with Crippen molar-refractivity contribution in [3.05, 3.63) is 57.5 Å². The number of benzene rings is 1. The molecule has 162 valence electrons. The number of H-pyrrole nitrogens is 2. The summed E-state index contributed by atoms with van der Waals surface area (Å²) in [5.41, 5.74) is 7.49. The number of carboxylic acids is 2. The third-order valence-electron chi connectivity index (χ3n) is 4.77. The second kappa shape index (κ2) is 13.9. The van der Waals surface area contributed by atoms with Crippen molar-refractivity contribution < 1.29 is 127 Å². The van der Waals surface area contributed by atoms with Gasteiger partial charge < -0.3 is 35.8 Å². The van der Waals surface area contributed by atoms with Crippen LogP contribution in [-0.4, -0.2) is 38.8 Å². The second-order valence-electron chi connectivity index (χ2n) is 6.94. The molecule has 0 saturated heterocycles. The SMILES string of the molecule is Nc1nc2[nH]cc(CCc3ccc(C(=O)N[C@@H](CCC(=O)[O-])C(=O)[O-])cc3)c2c(=O)[nH]1.[K+].[K+]. The monoisotopic (exact) mass is 503 g/mol. The molecule has 0 aliphatic heterocycles. The van der Waals surface area contributed by atoms with E-state index in [4.69, 9.17) is 5.73 Å². The summed E-state index contributed by atoms with van der Waals surface area (Å²) < 4.78 is 0. The molecule has 0 aliphatic rings. The number of carbonyl (C=O) groups excluding carboxylic acids is 3. The quantitative estimate of drug-likeness (QED) is 0.206. The Kier molecular flexibility index (Phi) is 12.7. The number of nitrogens with two attached hydrogens (primary N) is 1. The van der Waals surface area contributed by atoms with Crippen LogP contribution in [0.3, 0.4) is 0 Å². The Balaban J connectivity index is 0.00000272. The van der Waals surface area contributed by atoms with E-state index in [9.17, 15) is 29.4 Å². The van der Waals surface area contributed by atoms with E-state index in [1.54, 1.807) is 18.3 Å². The predicted molar refractivity (Wildman–Crippen MR) is 105 cm³/mol. The van der Waals surface area contributed by atoms with Gasteiger partial charge in [0.2, 0.25) is 5.95 Å². The summed E-state index contributed by atoms with van der Waals surface area (Å²) in [4.78, 5) is 55.4. The number of aromatic nitrogens is 3. The van der Waals surface area contributed by atoms with E-state index in [-0.39, 0.29) is 126 Å². The van der Waals surface area contributed by atoms with Gasteiger partial charge in [-0.15, -0.1) is 0 Å². The van der Waals surface area contributed by atoms with Crippen LogP contribution in [0.5, 0.6) is 0 Å². The van der Waals surface area contributed by atoms with E-state index in [0.29, 0.717) is 23.9 Å². The van der Waals surface area contributed by atoms with Crippen molar-refractivity contribution in [2.45, 2.75) is 31.7 Å². The maximum Gasteiger partial charge on any atom is 1.00 e. The molecule has 0 saturated carbocycles. The number of hydrogen-bond donors (Lipinski definition) is 4. The minimum atomic E-state index is -1.57. The predicted octanol–water partition coefficient (Wildman–Crippen LogP) is -8.00. The van der Waals surface area contributed by atoms with Gasteiger partial charge in [-0.05, 0) is 48.9 Å². The molecule has 11 nitrogen and oxygen atoms in total. The summed E-state index contributed by atoms with van der Waals surface area (Å²) in [6.07, 6.45) is 1.96. The summed E-state index contributed by atoms with van der Waals surface area (Å²) in [5, 5.41) is 24.3. The van der Waals surface area contributed by atoms with Crippen molar-refractivity contribution in [1.29, 1.82) is 0 Å². The number of nitrogens with zero attached hydrogens (tertiary/aromatic N) is 1. The average molecular weight is 504 g/mol. The smallest absolute Gasteiger partial charge is 0.550 e. The number of carbonyl (C=O) groups is 3. The molecule has 0 fully saturated rings. The van der Waals surface area contributed by atoms with Gasteiger partial charge in [-0.25, -0.2) is 0 Å². The molecule has 3 rings (SSSR count). The number of hydrogen-bond acceptors (Lipinski definition) is 8. The van der Waals surface area contributed by atoms with Gasteiger partial charge in [0, 0.05) is 17.7 Å². The molecule has 2 aromatic heterocycles. The van der Waals surface area contributed by atoms with Crippen LogP contribution in [0.1, 0.15) is 34.3 Å². The van der Waals surface area contributed by atoms with E-state index in [1.165, 1.54) is 12.1 Å². The summed E-state index contributed by atoms with van der Waals surface area (Å²) in [6.45, 7) is 0. The number of rotatable bonds is 9. The number of nitrogens with one attached hydrogen (secondary N) is 3.